The van der Waals surface area contributed by atoms with Gasteiger partial charge in [0.25, 0.3) is 0 Å². The summed E-state index contributed by atoms with van der Waals surface area (Å²) in [4.78, 5) is 24.9. The summed E-state index contributed by atoms with van der Waals surface area (Å²) < 4.78 is 0. The highest BCUT2D eigenvalue weighted by Gasteiger charge is 2.46. The number of hydrogen-bond donors (Lipinski definition) is 1. The predicted octanol–water partition coefficient (Wildman–Crippen LogP) is 2.58. The lowest BCUT2D eigenvalue weighted by Gasteiger charge is -2.25. The topological polar surface area (TPSA) is 70.0 Å². The standard InChI is InChI=1S/C17H24N2O2/c18-10-15(17(21)19-13-4-2-1-3-5-13)16(20)14-9-11-6-7-12(14)8-11/h11-15H,1-9H2,(H,19,21)/t11-,12-,14+,15-/m0/s1. The van der Waals surface area contributed by atoms with E-state index in [9.17, 15) is 14.9 Å². The van der Waals surface area contributed by atoms with Gasteiger partial charge in [-0.3, -0.25) is 9.59 Å². The molecule has 4 atom stereocenters. The van der Waals surface area contributed by atoms with E-state index in [2.05, 4.69) is 5.32 Å². The van der Waals surface area contributed by atoms with Crippen LogP contribution in [0.4, 0.5) is 0 Å². The normalized spacial score (nSPS) is 33.4. The number of rotatable bonds is 4. The smallest absolute Gasteiger partial charge is 0.245 e. The van der Waals surface area contributed by atoms with E-state index in [-0.39, 0.29) is 23.7 Å². The molecule has 1 N–H and O–H groups in total. The summed E-state index contributed by atoms with van der Waals surface area (Å²) >= 11 is 0. The van der Waals surface area contributed by atoms with Gasteiger partial charge in [-0.2, -0.15) is 5.26 Å². The van der Waals surface area contributed by atoms with Crippen LogP contribution in [-0.4, -0.2) is 17.7 Å². The first-order valence-electron chi connectivity index (χ1n) is 8.42. The van der Waals surface area contributed by atoms with Crippen LogP contribution in [0.15, 0.2) is 0 Å². The third-order valence-corrected chi connectivity index (χ3v) is 5.73. The third kappa shape index (κ3) is 2.97. The Morgan fingerprint density at radius 1 is 1.05 bits per heavy atom. The molecule has 3 rings (SSSR count). The van der Waals surface area contributed by atoms with Gasteiger partial charge < -0.3 is 5.32 Å². The maximum atomic E-state index is 12.6. The highest BCUT2D eigenvalue weighted by Crippen LogP contribution is 2.49. The summed E-state index contributed by atoms with van der Waals surface area (Å²) in [6, 6.07) is 2.13. The molecule has 0 aliphatic heterocycles. The summed E-state index contributed by atoms with van der Waals surface area (Å²) in [5.74, 6) is -0.498. The Balaban J connectivity index is 1.60. The number of fused-ring (bicyclic) bond motifs is 2. The average Bonchev–Trinajstić information content (AvgIpc) is 3.11. The lowest BCUT2D eigenvalue weighted by molar-refractivity contribution is -0.135. The van der Waals surface area contributed by atoms with Crippen LogP contribution < -0.4 is 5.32 Å². The number of amides is 1. The van der Waals surface area contributed by atoms with E-state index < -0.39 is 5.92 Å². The number of Topliss-reactive ketones (excluding diaryl/α,β-unsaturated/α-hetero) is 1. The van der Waals surface area contributed by atoms with E-state index in [0.717, 1.165) is 44.9 Å². The van der Waals surface area contributed by atoms with Crippen molar-refractivity contribution in [3.05, 3.63) is 0 Å². The first-order valence-corrected chi connectivity index (χ1v) is 8.42. The molecule has 3 aliphatic rings. The lowest BCUT2D eigenvalue weighted by Crippen LogP contribution is -2.43. The van der Waals surface area contributed by atoms with Gasteiger partial charge in [0, 0.05) is 12.0 Å². The van der Waals surface area contributed by atoms with E-state index in [0.29, 0.717) is 11.8 Å². The van der Waals surface area contributed by atoms with Gasteiger partial charge in [-0.25, -0.2) is 0 Å². The summed E-state index contributed by atoms with van der Waals surface area (Å²) in [5, 5.41) is 12.2. The highest BCUT2D eigenvalue weighted by molar-refractivity contribution is 6.05. The van der Waals surface area contributed by atoms with Crippen molar-refractivity contribution >= 4 is 11.7 Å². The number of carbonyl (C=O) groups excluding carboxylic acids is 2. The average molecular weight is 288 g/mol. The van der Waals surface area contributed by atoms with Crippen molar-refractivity contribution in [2.75, 3.05) is 0 Å². The van der Waals surface area contributed by atoms with Crippen LogP contribution in [-0.2, 0) is 9.59 Å². The van der Waals surface area contributed by atoms with Gasteiger partial charge in [0.05, 0.1) is 6.07 Å². The molecular weight excluding hydrogens is 264 g/mol. The summed E-state index contributed by atoms with van der Waals surface area (Å²) in [5.41, 5.74) is 0. The molecule has 0 radical (unpaired) electrons. The Labute approximate surface area is 126 Å². The van der Waals surface area contributed by atoms with Gasteiger partial charge in [-0.1, -0.05) is 25.7 Å². The van der Waals surface area contributed by atoms with Crippen molar-refractivity contribution < 1.29 is 9.59 Å². The molecular formula is C17H24N2O2. The number of carbonyl (C=O) groups is 2. The Kier molecular flexibility index (Phi) is 4.28. The van der Waals surface area contributed by atoms with Gasteiger partial charge in [0.2, 0.25) is 5.91 Å². The highest BCUT2D eigenvalue weighted by atomic mass is 16.2. The molecule has 0 aromatic heterocycles. The first-order chi connectivity index (χ1) is 10.2. The number of nitrogens with one attached hydrogen (secondary N) is 1. The van der Waals surface area contributed by atoms with Crippen molar-refractivity contribution in [2.24, 2.45) is 23.7 Å². The van der Waals surface area contributed by atoms with E-state index >= 15 is 0 Å². The van der Waals surface area contributed by atoms with E-state index in [4.69, 9.17) is 0 Å². The number of nitriles is 1. The molecule has 0 heterocycles. The zero-order chi connectivity index (χ0) is 14.8. The molecule has 3 saturated carbocycles. The molecule has 21 heavy (non-hydrogen) atoms. The SMILES string of the molecule is N#C[C@H](C(=O)NC1CCCCC1)C(=O)[C@@H]1C[C@H]2CC[C@H]1C2. The Morgan fingerprint density at radius 3 is 2.38 bits per heavy atom. The Morgan fingerprint density at radius 2 is 1.81 bits per heavy atom. The van der Waals surface area contributed by atoms with Gasteiger partial charge in [0.1, 0.15) is 0 Å². The van der Waals surface area contributed by atoms with Crippen LogP contribution in [0.2, 0.25) is 0 Å². The minimum absolute atomic E-state index is 0.0366. The van der Waals surface area contributed by atoms with Crippen LogP contribution in [0.5, 0.6) is 0 Å². The lowest BCUT2D eigenvalue weighted by atomic mass is 9.81. The quantitative estimate of drug-likeness (QED) is 0.808. The molecule has 0 saturated heterocycles. The van der Waals surface area contributed by atoms with Crippen molar-refractivity contribution in [2.45, 2.75) is 63.8 Å². The molecule has 2 bridgehead atoms. The van der Waals surface area contributed by atoms with Crippen molar-refractivity contribution in [3.63, 3.8) is 0 Å². The van der Waals surface area contributed by atoms with Crippen LogP contribution in [0, 0.1) is 35.0 Å². The second-order valence-electron chi connectivity index (χ2n) is 7.09. The summed E-state index contributed by atoms with van der Waals surface area (Å²) in [6.07, 6.45) is 9.78. The van der Waals surface area contributed by atoms with E-state index in [1.165, 1.54) is 12.8 Å². The molecule has 0 aromatic carbocycles. The van der Waals surface area contributed by atoms with Crippen LogP contribution in [0.3, 0.4) is 0 Å². The fraction of sp³-hybridized carbons (Fsp3) is 0.824. The van der Waals surface area contributed by atoms with Crippen molar-refractivity contribution in [1.29, 1.82) is 5.26 Å². The molecule has 0 aromatic rings. The first kappa shape index (κ1) is 14.6. The Hall–Kier alpha value is -1.37. The minimum Gasteiger partial charge on any atom is -0.352 e. The minimum atomic E-state index is -1.09. The second-order valence-corrected chi connectivity index (χ2v) is 7.09. The van der Waals surface area contributed by atoms with E-state index in [1.807, 2.05) is 6.07 Å². The van der Waals surface area contributed by atoms with Crippen LogP contribution >= 0.6 is 0 Å². The van der Waals surface area contributed by atoms with Gasteiger partial charge in [0.15, 0.2) is 11.7 Å². The number of nitrogens with zero attached hydrogens (tertiary/aromatic N) is 1. The molecule has 0 unspecified atom stereocenters. The Bertz CT molecular complexity index is 462. The molecule has 3 fully saturated rings. The van der Waals surface area contributed by atoms with Gasteiger partial charge >= 0.3 is 0 Å². The van der Waals surface area contributed by atoms with Crippen molar-refractivity contribution in [3.8, 4) is 6.07 Å². The second kappa shape index (κ2) is 6.17. The zero-order valence-corrected chi connectivity index (χ0v) is 12.5. The molecule has 3 aliphatic carbocycles. The third-order valence-electron chi connectivity index (χ3n) is 5.73. The monoisotopic (exact) mass is 288 g/mol. The molecule has 1 amide bonds. The zero-order valence-electron chi connectivity index (χ0n) is 12.5. The van der Waals surface area contributed by atoms with Crippen molar-refractivity contribution in [1.82, 2.24) is 5.32 Å². The largest absolute Gasteiger partial charge is 0.352 e. The summed E-state index contributed by atoms with van der Waals surface area (Å²) in [7, 11) is 0. The van der Waals surface area contributed by atoms with Crippen LogP contribution in [0.25, 0.3) is 0 Å². The number of hydrogen-bond acceptors (Lipinski definition) is 3. The van der Waals surface area contributed by atoms with Crippen LogP contribution in [0.1, 0.15) is 57.8 Å². The van der Waals surface area contributed by atoms with Gasteiger partial charge in [-0.15, -0.1) is 0 Å². The molecule has 114 valence electrons. The predicted molar refractivity (Wildman–Crippen MR) is 78.1 cm³/mol. The fourth-order valence-electron chi connectivity index (χ4n) is 4.59. The number of ketones is 1. The maximum absolute atomic E-state index is 12.6. The maximum Gasteiger partial charge on any atom is 0.245 e. The molecule has 4 nitrogen and oxygen atoms in total. The molecule has 0 spiro atoms. The van der Waals surface area contributed by atoms with Gasteiger partial charge in [-0.05, 0) is 43.9 Å². The molecule has 4 heteroatoms. The van der Waals surface area contributed by atoms with E-state index in [1.54, 1.807) is 0 Å². The summed E-state index contributed by atoms with van der Waals surface area (Å²) in [6.45, 7) is 0. The fourth-order valence-corrected chi connectivity index (χ4v) is 4.59.